The fourth-order valence-electron chi connectivity index (χ4n) is 1.80. The second-order valence-corrected chi connectivity index (χ2v) is 3.76. The lowest BCUT2D eigenvalue weighted by Gasteiger charge is -2.14. The molecule has 0 bridgehead atoms. The van der Waals surface area contributed by atoms with Gasteiger partial charge in [-0.1, -0.05) is 18.1 Å². The second-order valence-electron chi connectivity index (χ2n) is 3.76. The number of nitrogens with one attached hydrogen (secondary N) is 3. The Bertz CT molecular complexity index is 326. The van der Waals surface area contributed by atoms with Crippen molar-refractivity contribution < 1.29 is 0 Å². The van der Waals surface area contributed by atoms with Crippen LogP contribution in [0.15, 0.2) is 4.99 Å². The van der Waals surface area contributed by atoms with Gasteiger partial charge in [-0.3, -0.25) is 5.43 Å². The molecule has 0 aliphatic heterocycles. The highest BCUT2D eigenvalue weighted by Gasteiger charge is 2.15. The van der Waals surface area contributed by atoms with Crippen LogP contribution in [0.5, 0.6) is 0 Å². The van der Waals surface area contributed by atoms with Crippen molar-refractivity contribution in [1.82, 2.24) is 31.4 Å². The van der Waals surface area contributed by atoms with Crippen LogP contribution in [0.25, 0.3) is 0 Å². The molecule has 0 atom stereocenters. The van der Waals surface area contributed by atoms with Gasteiger partial charge < -0.3 is 5.32 Å². The van der Waals surface area contributed by atoms with Gasteiger partial charge in [-0.2, -0.15) is 5.21 Å². The SMILES string of the molecule is NNC(=NCc1nn[nH]n1)NC1CCCC1. The summed E-state index contributed by atoms with van der Waals surface area (Å²) in [5.74, 6) is 6.51. The van der Waals surface area contributed by atoms with Crippen LogP contribution in [-0.2, 0) is 6.54 Å². The van der Waals surface area contributed by atoms with Crippen LogP contribution in [0.1, 0.15) is 31.5 Å². The molecule has 0 radical (unpaired) electrons. The van der Waals surface area contributed by atoms with E-state index in [9.17, 15) is 0 Å². The Morgan fingerprint density at radius 2 is 2.31 bits per heavy atom. The molecule has 1 saturated carbocycles. The van der Waals surface area contributed by atoms with Crippen molar-refractivity contribution in [1.29, 1.82) is 0 Å². The van der Waals surface area contributed by atoms with Crippen molar-refractivity contribution in [3.8, 4) is 0 Å². The number of aliphatic imine (C=N–C) groups is 1. The number of aromatic amines is 1. The number of hydrazine groups is 1. The molecular formula is C8H16N8. The van der Waals surface area contributed by atoms with E-state index in [0.717, 1.165) is 0 Å². The number of nitrogens with zero attached hydrogens (tertiary/aromatic N) is 4. The smallest absolute Gasteiger partial charge is 0.206 e. The summed E-state index contributed by atoms with van der Waals surface area (Å²) in [6, 6.07) is 0.472. The summed E-state index contributed by atoms with van der Waals surface area (Å²) < 4.78 is 0. The van der Waals surface area contributed by atoms with Gasteiger partial charge in [0.2, 0.25) is 5.96 Å². The number of hydrogen-bond acceptors (Lipinski definition) is 5. The zero-order chi connectivity index (χ0) is 11.2. The molecule has 16 heavy (non-hydrogen) atoms. The first-order valence-corrected chi connectivity index (χ1v) is 5.38. The first-order chi connectivity index (χ1) is 7.88. The molecule has 88 valence electrons. The van der Waals surface area contributed by atoms with Crippen LogP contribution in [0.4, 0.5) is 0 Å². The Morgan fingerprint density at radius 3 is 2.94 bits per heavy atom. The van der Waals surface area contributed by atoms with Crippen molar-refractivity contribution in [3.05, 3.63) is 5.82 Å². The number of rotatable bonds is 3. The first kappa shape index (κ1) is 10.8. The molecule has 1 fully saturated rings. The molecule has 1 heterocycles. The molecule has 2 rings (SSSR count). The third kappa shape index (κ3) is 2.89. The predicted octanol–water partition coefficient (Wildman–Crippen LogP) is -0.949. The first-order valence-electron chi connectivity index (χ1n) is 5.38. The van der Waals surface area contributed by atoms with Crippen molar-refractivity contribution in [2.24, 2.45) is 10.8 Å². The summed E-state index contributed by atoms with van der Waals surface area (Å²) in [6.45, 7) is 0.357. The quantitative estimate of drug-likeness (QED) is 0.228. The molecule has 8 heteroatoms. The minimum atomic E-state index is 0.357. The lowest BCUT2D eigenvalue weighted by molar-refractivity contribution is 0.613. The third-order valence-electron chi connectivity index (χ3n) is 2.60. The van der Waals surface area contributed by atoms with E-state index in [0.29, 0.717) is 24.4 Å². The Kier molecular flexibility index (Phi) is 3.65. The van der Waals surface area contributed by atoms with E-state index in [-0.39, 0.29) is 0 Å². The fraction of sp³-hybridized carbons (Fsp3) is 0.750. The van der Waals surface area contributed by atoms with Gasteiger partial charge in [-0.15, -0.1) is 10.2 Å². The van der Waals surface area contributed by atoms with E-state index in [2.05, 4.69) is 36.4 Å². The van der Waals surface area contributed by atoms with E-state index in [1.54, 1.807) is 0 Å². The highest BCUT2D eigenvalue weighted by molar-refractivity contribution is 5.79. The van der Waals surface area contributed by atoms with Crippen LogP contribution in [0.2, 0.25) is 0 Å². The highest BCUT2D eigenvalue weighted by Crippen LogP contribution is 2.17. The summed E-state index contributed by atoms with van der Waals surface area (Å²) >= 11 is 0. The predicted molar refractivity (Wildman–Crippen MR) is 58.0 cm³/mol. The molecule has 0 spiro atoms. The maximum atomic E-state index is 5.38. The molecule has 0 aromatic carbocycles. The number of aromatic nitrogens is 4. The van der Waals surface area contributed by atoms with Gasteiger partial charge in [0.25, 0.3) is 0 Å². The summed E-state index contributed by atoms with van der Waals surface area (Å²) in [5.41, 5.74) is 2.54. The van der Waals surface area contributed by atoms with Gasteiger partial charge in [-0.25, -0.2) is 10.8 Å². The van der Waals surface area contributed by atoms with Crippen molar-refractivity contribution >= 4 is 5.96 Å². The average Bonchev–Trinajstić information content (AvgIpc) is 2.97. The summed E-state index contributed by atoms with van der Waals surface area (Å²) in [6.07, 6.45) is 4.87. The topological polar surface area (TPSA) is 117 Å². The summed E-state index contributed by atoms with van der Waals surface area (Å²) in [7, 11) is 0. The second kappa shape index (κ2) is 5.40. The zero-order valence-corrected chi connectivity index (χ0v) is 8.98. The maximum Gasteiger partial charge on any atom is 0.206 e. The van der Waals surface area contributed by atoms with Crippen LogP contribution in [0, 0.1) is 0 Å². The van der Waals surface area contributed by atoms with Gasteiger partial charge >= 0.3 is 0 Å². The van der Waals surface area contributed by atoms with Crippen LogP contribution in [0.3, 0.4) is 0 Å². The highest BCUT2D eigenvalue weighted by atomic mass is 15.5. The minimum absolute atomic E-state index is 0.357. The van der Waals surface area contributed by atoms with Gasteiger partial charge in [0, 0.05) is 6.04 Å². The maximum absolute atomic E-state index is 5.38. The average molecular weight is 224 g/mol. The number of H-pyrrole nitrogens is 1. The molecule has 0 amide bonds. The normalized spacial score (nSPS) is 17.7. The molecule has 1 aliphatic rings. The van der Waals surface area contributed by atoms with E-state index >= 15 is 0 Å². The molecule has 8 nitrogen and oxygen atoms in total. The van der Waals surface area contributed by atoms with E-state index in [1.165, 1.54) is 25.7 Å². The van der Waals surface area contributed by atoms with Crippen LogP contribution < -0.4 is 16.6 Å². The molecule has 1 aliphatic carbocycles. The Balaban J connectivity index is 1.85. The van der Waals surface area contributed by atoms with Crippen LogP contribution in [-0.4, -0.2) is 32.6 Å². The standard InChI is InChI=1S/C8H16N8/c9-12-8(11-6-3-1-2-4-6)10-5-7-13-15-16-14-7/h6H,1-5,9H2,(H2,10,11,12)(H,13,14,15,16). The van der Waals surface area contributed by atoms with Crippen LogP contribution >= 0.6 is 0 Å². The molecule has 5 N–H and O–H groups in total. The van der Waals surface area contributed by atoms with E-state index in [4.69, 9.17) is 5.84 Å². The van der Waals surface area contributed by atoms with Gasteiger partial charge in [-0.05, 0) is 12.8 Å². The number of hydrogen-bond donors (Lipinski definition) is 4. The largest absolute Gasteiger partial charge is 0.353 e. The van der Waals surface area contributed by atoms with Crippen molar-refractivity contribution in [2.75, 3.05) is 0 Å². The fourth-order valence-corrected chi connectivity index (χ4v) is 1.80. The van der Waals surface area contributed by atoms with E-state index in [1.807, 2.05) is 0 Å². The lowest BCUT2D eigenvalue weighted by atomic mass is 10.2. The Hall–Kier alpha value is -1.70. The molecule has 0 unspecified atom stereocenters. The molecule has 1 aromatic heterocycles. The Morgan fingerprint density at radius 1 is 1.50 bits per heavy atom. The number of guanidine groups is 1. The molecular weight excluding hydrogens is 208 g/mol. The zero-order valence-electron chi connectivity index (χ0n) is 8.98. The number of tetrazole rings is 1. The minimum Gasteiger partial charge on any atom is -0.353 e. The van der Waals surface area contributed by atoms with Crippen molar-refractivity contribution in [2.45, 2.75) is 38.3 Å². The van der Waals surface area contributed by atoms with E-state index < -0.39 is 0 Å². The molecule has 1 aromatic rings. The lowest BCUT2D eigenvalue weighted by Crippen LogP contribution is -2.45. The number of nitrogens with two attached hydrogens (primary N) is 1. The third-order valence-corrected chi connectivity index (χ3v) is 2.60. The monoisotopic (exact) mass is 224 g/mol. The van der Waals surface area contributed by atoms with Gasteiger partial charge in [0.1, 0.15) is 6.54 Å². The molecule has 0 saturated heterocycles. The summed E-state index contributed by atoms with van der Waals surface area (Å²) in [4.78, 5) is 4.23. The van der Waals surface area contributed by atoms with Crippen molar-refractivity contribution in [3.63, 3.8) is 0 Å². The summed E-state index contributed by atoms with van der Waals surface area (Å²) in [5, 5.41) is 16.7. The van der Waals surface area contributed by atoms with Gasteiger partial charge in [0.15, 0.2) is 5.82 Å². The Labute approximate surface area is 93.1 Å². The van der Waals surface area contributed by atoms with Gasteiger partial charge in [0.05, 0.1) is 0 Å².